The van der Waals surface area contributed by atoms with Crippen LogP contribution < -0.4 is 4.90 Å². The minimum Gasteiger partial charge on any atom is -0.331 e. The summed E-state index contributed by atoms with van der Waals surface area (Å²) < 4.78 is 0. The quantitative estimate of drug-likeness (QED) is 0.735. The molecular formula is C12H19N2+. The molecule has 0 aromatic carbocycles. The smallest absolute Gasteiger partial charge is 0.104 e. The number of nitrogens with one attached hydrogen (secondary N) is 1. The lowest BCUT2D eigenvalue weighted by molar-refractivity contribution is -0.919. The Bertz CT molecular complexity index is 263. The molecule has 0 aliphatic carbocycles. The van der Waals surface area contributed by atoms with E-state index in [0.29, 0.717) is 0 Å². The molecule has 1 fully saturated rings. The van der Waals surface area contributed by atoms with Crippen LogP contribution in [0.1, 0.15) is 25.3 Å². The molecule has 1 aliphatic rings. The van der Waals surface area contributed by atoms with Crippen LogP contribution in [0.2, 0.25) is 0 Å². The highest BCUT2D eigenvalue weighted by atomic mass is 15.1. The second-order valence-electron chi connectivity index (χ2n) is 4.47. The van der Waals surface area contributed by atoms with Gasteiger partial charge >= 0.3 is 0 Å². The van der Waals surface area contributed by atoms with Gasteiger partial charge in [-0.25, -0.2) is 0 Å². The van der Waals surface area contributed by atoms with Gasteiger partial charge in [0.1, 0.15) is 6.54 Å². The number of piperidine rings is 1. The SMILES string of the molecule is CC1CC[NH+](Cc2cccnc2)CC1. The van der Waals surface area contributed by atoms with Gasteiger partial charge in [-0.2, -0.15) is 0 Å². The maximum atomic E-state index is 4.15. The number of likely N-dealkylation sites (tertiary alicyclic amines) is 1. The molecule has 0 amide bonds. The van der Waals surface area contributed by atoms with Crippen LogP contribution in [-0.4, -0.2) is 18.1 Å². The first-order valence-corrected chi connectivity index (χ1v) is 5.57. The molecule has 76 valence electrons. The molecule has 1 saturated heterocycles. The van der Waals surface area contributed by atoms with Crippen LogP contribution in [0.5, 0.6) is 0 Å². The average Bonchev–Trinajstić information content (AvgIpc) is 2.23. The van der Waals surface area contributed by atoms with Crippen molar-refractivity contribution in [2.75, 3.05) is 13.1 Å². The largest absolute Gasteiger partial charge is 0.331 e. The van der Waals surface area contributed by atoms with Crippen molar-refractivity contribution in [1.82, 2.24) is 4.98 Å². The minimum atomic E-state index is 0.938. The molecule has 1 aromatic rings. The first-order chi connectivity index (χ1) is 6.84. The second kappa shape index (κ2) is 4.56. The van der Waals surface area contributed by atoms with E-state index in [1.807, 2.05) is 18.5 Å². The number of quaternary nitrogens is 1. The number of rotatable bonds is 2. The number of nitrogens with zero attached hydrogens (tertiary/aromatic N) is 1. The Morgan fingerprint density at radius 3 is 2.86 bits per heavy atom. The maximum absolute atomic E-state index is 4.15. The second-order valence-corrected chi connectivity index (χ2v) is 4.47. The third kappa shape index (κ3) is 2.55. The summed E-state index contributed by atoms with van der Waals surface area (Å²) in [6.45, 7) is 6.17. The molecule has 0 saturated carbocycles. The van der Waals surface area contributed by atoms with E-state index in [0.717, 1.165) is 12.5 Å². The van der Waals surface area contributed by atoms with Gasteiger partial charge in [0.25, 0.3) is 0 Å². The monoisotopic (exact) mass is 191 g/mol. The van der Waals surface area contributed by atoms with Gasteiger partial charge in [0.15, 0.2) is 0 Å². The van der Waals surface area contributed by atoms with Crippen molar-refractivity contribution in [3.63, 3.8) is 0 Å². The molecule has 0 spiro atoms. The van der Waals surface area contributed by atoms with Crippen molar-refractivity contribution in [2.45, 2.75) is 26.3 Å². The van der Waals surface area contributed by atoms with E-state index in [4.69, 9.17) is 0 Å². The summed E-state index contributed by atoms with van der Waals surface area (Å²) in [5.74, 6) is 0.938. The van der Waals surface area contributed by atoms with Gasteiger partial charge in [0.05, 0.1) is 13.1 Å². The highest BCUT2D eigenvalue weighted by Gasteiger charge is 2.18. The van der Waals surface area contributed by atoms with Crippen LogP contribution in [0.15, 0.2) is 24.5 Å². The minimum absolute atomic E-state index is 0.938. The van der Waals surface area contributed by atoms with Crippen LogP contribution in [0.25, 0.3) is 0 Å². The summed E-state index contributed by atoms with van der Waals surface area (Å²) in [7, 11) is 0. The van der Waals surface area contributed by atoms with Crippen LogP contribution in [-0.2, 0) is 6.54 Å². The molecule has 0 atom stereocenters. The summed E-state index contributed by atoms with van der Waals surface area (Å²) in [4.78, 5) is 5.87. The van der Waals surface area contributed by atoms with E-state index >= 15 is 0 Å². The lowest BCUT2D eigenvalue weighted by Gasteiger charge is -2.27. The van der Waals surface area contributed by atoms with Crippen molar-refractivity contribution in [3.8, 4) is 0 Å². The number of hydrogen-bond acceptors (Lipinski definition) is 1. The molecule has 2 rings (SSSR count). The lowest BCUT2D eigenvalue weighted by Crippen LogP contribution is -3.11. The molecule has 14 heavy (non-hydrogen) atoms. The molecule has 2 heteroatoms. The number of aromatic nitrogens is 1. The van der Waals surface area contributed by atoms with Crippen molar-refractivity contribution >= 4 is 0 Å². The van der Waals surface area contributed by atoms with Gasteiger partial charge in [-0.05, 0) is 24.8 Å². The zero-order valence-corrected chi connectivity index (χ0v) is 8.87. The Morgan fingerprint density at radius 1 is 1.43 bits per heavy atom. The molecule has 1 aromatic heterocycles. The Morgan fingerprint density at radius 2 is 2.21 bits per heavy atom. The molecule has 1 N–H and O–H groups in total. The zero-order valence-electron chi connectivity index (χ0n) is 8.87. The van der Waals surface area contributed by atoms with E-state index in [2.05, 4.69) is 18.0 Å². The fourth-order valence-electron chi connectivity index (χ4n) is 2.14. The first kappa shape index (κ1) is 9.66. The van der Waals surface area contributed by atoms with E-state index in [1.165, 1.54) is 31.5 Å². The Hall–Kier alpha value is -0.890. The summed E-state index contributed by atoms with van der Waals surface area (Å²) in [5.41, 5.74) is 1.37. The van der Waals surface area contributed by atoms with Gasteiger partial charge < -0.3 is 4.90 Å². The third-order valence-electron chi connectivity index (χ3n) is 3.16. The van der Waals surface area contributed by atoms with Gasteiger partial charge in [0.2, 0.25) is 0 Å². The normalized spacial score (nSPS) is 27.5. The van der Waals surface area contributed by atoms with Gasteiger partial charge in [-0.1, -0.05) is 13.0 Å². The first-order valence-electron chi connectivity index (χ1n) is 5.57. The third-order valence-corrected chi connectivity index (χ3v) is 3.16. The summed E-state index contributed by atoms with van der Waals surface area (Å²) >= 11 is 0. The maximum Gasteiger partial charge on any atom is 0.104 e. The topological polar surface area (TPSA) is 17.3 Å². The predicted octanol–water partition coefficient (Wildman–Crippen LogP) is 0.896. The molecular weight excluding hydrogens is 172 g/mol. The Kier molecular flexibility index (Phi) is 3.14. The fourth-order valence-corrected chi connectivity index (χ4v) is 2.14. The summed E-state index contributed by atoms with van der Waals surface area (Å²) in [5, 5.41) is 0. The van der Waals surface area contributed by atoms with Crippen molar-refractivity contribution < 1.29 is 4.90 Å². The Labute approximate surface area is 86.0 Å². The number of hydrogen-bond donors (Lipinski definition) is 1. The van der Waals surface area contributed by atoms with E-state index in [-0.39, 0.29) is 0 Å². The van der Waals surface area contributed by atoms with Crippen LogP contribution in [0, 0.1) is 5.92 Å². The predicted molar refractivity (Wildman–Crippen MR) is 57.0 cm³/mol. The van der Waals surface area contributed by atoms with Gasteiger partial charge in [-0.3, -0.25) is 4.98 Å². The standard InChI is InChI=1S/C12H18N2/c1-11-4-7-14(8-5-11)10-12-3-2-6-13-9-12/h2-3,6,9,11H,4-5,7-8,10H2,1H3/p+1. The van der Waals surface area contributed by atoms with Crippen molar-refractivity contribution in [1.29, 1.82) is 0 Å². The highest BCUT2D eigenvalue weighted by Crippen LogP contribution is 2.07. The van der Waals surface area contributed by atoms with Gasteiger partial charge in [-0.15, -0.1) is 0 Å². The average molecular weight is 191 g/mol. The lowest BCUT2D eigenvalue weighted by atomic mass is 9.99. The summed E-state index contributed by atoms with van der Waals surface area (Å²) in [6.07, 6.45) is 6.60. The fraction of sp³-hybridized carbons (Fsp3) is 0.583. The molecule has 1 aliphatic heterocycles. The Balaban J connectivity index is 1.87. The van der Waals surface area contributed by atoms with E-state index < -0.39 is 0 Å². The molecule has 0 radical (unpaired) electrons. The van der Waals surface area contributed by atoms with Crippen molar-refractivity contribution in [2.24, 2.45) is 5.92 Å². The van der Waals surface area contributed by atoms with Gasteiger partial charge in [0, 0.05) is 18.0 Å². The number of pyridine rings is 1. The zero-order chi connectivity index (χ0) is 9.80. The van der Waals surface area contributed by atoms with Crippen LogP contribution in [0.3, 0.4) is 0 Å². The summed E-state index contributed by atoms with van der Waals surface area (Å²) in [6, 6.07) is 4.21. The molecule has 0 bridgehead atoms. The van der Waals surface area contributed by atoms with E-state index in [9.17, 15) is 0 Å². The van der Waals surface area contributed by atoms with Crippen LogP contribution in [0.4, 0.5) is 0 Å². The van der Waals surface area contributed by atoms with E-state index in [1.54, 1.807) is 4.90 Å². The molecule has 2 heterocycles. The molecule has 0 unspecified atom stereocenters. The van der Waals surface area contributed by atoms with Crippen molar-refractivity contribution in [3.05, 3.63) is 30.1 Å². The highest BCUT2D eigenvalue weighted by molar-refractivity contribution is 5.06. The molecule has 2 nitrogen and oxygen atoms in total. The van der Waals surface area contributed by atoms with Crippen LogP contribution >= 0.6 is 0 Å².